The summed E-state index contributed by atoms with van der Waals surface area (Å²) in [5.41, 5.74) is 1.82. The first-order chi connectivity index (χ1) is 9.56. The number of aromatic nitrogens is 1. The van der Waals surface area contributed by atoms with Gasteiger partial charge in [0.25, 0.3) is 0 Å². The molecule has 1 aliphatic carbocycles. The van der Waals surface area contributed by atoms with Crippen LogP contribution in [0.15, 0.2) is 0 Å². The summed E-state index contributed by atoms with van der Waals surface area (Å²) in [4.78, 5) is 6.34. The van der Waals surface area contributed by atoms with E-state index in [1.807, 2.05) is 11.3 Å². The van der Waals surface area contributed by atoms with Gasteiger partial charge in [0, 0.05) is 25.1 Å². The molecule has 0 radical (unpaired) electrons. The fourth-order valence-corrected chi connectivity index (χ4v) is 3.99. The first-order valence-corrected chi connectivity index (χ1v) is 8.55. The molecule has 0 fully saturated rings. The van der Waals surface area contributed by atoms with Gasteiger partial charge in [-0.05, 0) is 30.6 Å². The van der Waals surface area contributed by atoms with Crippen LogP contribution in [-0.2, 0) is 24.1 Å². The maximum Gasteiger partial charge on any atom is 0.107 e. The van der Waals surface area contributed by atoms with Crippen molar-refractivity contribution in [3.63, 3.8) is 0 Å². The van der Waals surface area contributed by atoms with Gasteiger partial charge in [0.05, 0.1) is 12.3 Å². The quantitative estimate of drug-likeness (QED) is 0.783. The fraction of sp³-hybridized carbons (Fsp3) is 0.812. The number of hydrogen-bond donors (Lipinski definition) is 1. The van der Waals surface area contributed by atoms with Gasteiger partial charge in [0.2, 0.25) is 0 Å². The van der Waals surface area contributed by atoms with E-state index in [0.29, 0.717) is 5.41 Å². The van der Waals surface area contributed by atoms with Crippen LogP contribution in [0.4, 0.5) is 0 Å². The Morgan fingerprint density at radius 2 is 2.25 bits per heavy atom. The van der Waals surface area contributed by atoms with E-state index in [9.17, 15) is 0 Å². The summed E-state index contributed by atoms with van der Waals surface area (Å²) in [7, 11) is 1.74. The van der Waals surface area contributed by atoms with E-state index in [1.54, 1.807) is 7.11 Å². The Bertz CT molecular complexity index is 428. The highest BCUT2D eigenvalue weighted by Crippen LogP contribution is 2.41. The third kappa shape index (κ3) is 3.80. The standard InChI is InChI=1S/C16H28N2OS/c1-5-16(2,3)12-6-7-13-14(10-12)20-15(18-13)11-17-8-9-19-4/h12,17H,5-11H2,1-4H3. The number of hydrogen-bond acceptors (Lipinski definition) is 4. The number of fused-ring (bicyclic) bond motifs is 1. The lowest BCUT2D eigenvalue weighted by molar-refractivity contribution is 0.183. The van der Waals surface area contributed by atoms with Crippen molar-refractivity contribution in [2.75, 3.05) is 20.3 Å². The third-order valence-corrected chi connectivity index (χ3v) is 5.88. The Morgan fingerprint density at radius 1 is 1.45 bits per heavy atom. The smallest absolute Gasteiger partial charge is 0.107 e. The molecule has 1 aliphatic rings. The number of ether oxygens (including phenoxy) is 1. The van der Waals surface area contributed by atoms with Crippen molar-refractivity contribution in [1.82, 2.24) is 10.3 Å². The van der Waals surface area contributed by atoms with Crippen molar-refractivity contribution in [3.8, 4) is 0 Å². The van der Waals surface area contributed by atoms with Gasteiger partial charge in [-0.25, -0.2) is 4.98 Å². The van der Waals surface area contributed by atoms with Crippen molar-refractivity contribution in [2.45, 2.75) is 53.0 Å². The lowest BCUT2D eigenvalue weighted by Crippen LogP contribution is -2.28. The molecule has 4 heteroatoms. The molecule has 3 nitrogen and oxygen atoms in total. The van der Waals surface area contributed by atoms with Crippen LogP contribution < -0.4 is 5.32 Å². The molecule has 0 saturated heterocycles. The predicted octanol–water partition coefficient (Wildman–Crippen LogP) is 3.42. The second kappa shape index (κ2) is 7.01. The van der Waals surface area contributed by atoms with Crippen molar-refractivity contribution >= 4 is 11.3 Å². The summed E-state index contributed by atoms with van der Waals surface area (Å²) in [6.45, 7) is 9.67. The molecule has 0 saturated carbocycles. The van der Waals surface area contributed by atoms with Gasteiger partial charge in [-0.2, -0.15) is 0 Å². The highest BCUT2D eigenvalue weighted by Gasteiger charge is 2.32. The summed E-state index contributed by atoms with van der Waals surface area (Å²) in [5.74, 6) is 0.815. The highest BCUT2D eigenvalue weighted by molar-refractivity contribution is 7.11. The number of aryl methyl sites for hydroxylation is 1. The van der Waals surface area contributed by atoms with Crippen molar-refractivity contribution in [3.05, 3.63) is 15.6 Å². The molecule has 2 rings (SSSR count). The normalized spacial score (nSPS) is 19.1. The van der Waals surface area contributed by atoms with Crippen LogP contribution >= 0.6 is 11.3 Å². The van der Waals surface area contributed by atoms with E-state index >= 15 is 0 Å². The average molecular weight is 296 g/mol. The monoisotopic (exact) mass is 296 g/mol. The van der Waals surface area contributed by atoms with Gasteiger partial charge >= 0.3 is 0 Å². The molecule has 1 N–H and O–H groups in total. The van der Waals surface area contributed by atoms with Crippen molar-refractivity contribution in [1.29, 1.82) is 0 Å². The van der Waals surface area contributed by atoms with Crippen LogP contribution in [0.25, 0.3) is 0 Å². The predicted molar refractivity (Wildman–Crippen MR) is 85.3 cm³/mol. The zero-order valence-corrected chi connectivity index (χ0v) is 14.1. The molecule has 0 spiro atoms. The minimum Gasteiger partial charge on any atom is -0.383 e. The SMILES string of the molecule is CCC(C)(C)C1CCc2nc(CNCCOC)sc2C1. The van der Waals surface area contributed by atoms with Crippen LogP contribution in [0.5, 0.6) is 0 Å². The summed E-state index contributed by atoms with van der Waals surface area (Å²) < 4.78 is 5.05. The van der Waals surface area contributed by atoms with Gasteiger partial charge in [-0.1, -0.05) is 27.2 Å². The molecule has 0 amide bonds. The summed E-state index contributed by atoms with van der Waals surface area (Å²) in [5, 5.41) is 4.62. The van der Waals surface area contributed by atoms with Crippen LogP contribution in [0.2, 0.25) is 0 Å². The Balaban J connectivity index is 1.94. The Hall–Kier alpha value is -0.450. The Morgan fingerprint density at radius 3 is 2.95 bits per heavy atom. The second-order valence-electron chi connectivity index (χ2n) is 6.43. The van der Waals surface area contributed by atoms with Gasteiger partial charge < -0.3 is 10.1 Å². The maximum absolute atomic E-state index is 5.05. The van der Waals surface area contributed by atoms with E-state index in [0.717, 1.165) is 32.0 Å². The van der Waals surface area contributed by atoms with E-state index in [2.05, 4.69) is 26.1 Å². The molecule has 1 heterocycles. The first-order valence-electron chi connectivity index (χ1n) is 7.74. The van der Waals surface area contributed by atoms with Crippen LogP contribution in [0.1, 0.15) is 49.2 Å². The molecule has 0 aliphatic heterocycles. The topological polar surface area (TPSA) is 34.2 Å². The van der Waals surface area contributed by atoms with E-state index < -0.39 is 0 Å². The molecular formula is C16H28N2OS. The van der Waals surface area contributed by atoms with Crippen LogP contribution in [-0.4, -0.2) is 25.2 Å². The number of nitrogens with one attached hydrogen (secondary N) is 1. The highest BCUT2D eigenvalue weighted by atomic mass is 32.1. The minimum absolute atomic E-state index is 0.457. The number of rotatable bonds is 7. The van der Waals surface area contributed by atoms with Gasteiger partial charge in [-0.15, -0.1) is 11.3 Å². The molecule has 1 aromatic rings. The second-order valence-corrected chi connectivity index (χ2v) is 7.60. The minimum atomic E-state index is 0.457. The molecule has 0 aromatic carbocycles. The zero-order chi connectivity index (χ0) is 14.6. The molecule has 20 heavy (non-hydrogen) atoms. The number of thiazole rings is 1. The van der Waals surface area contributed by atoms with Gasteiger partial charge in [0.15, 0.2) is 0 Å². The summed E-state index contributed by atoms with van der Waals surface area (Å²) >= 11 is 1.91. The Kier molecular flexibility index (Phi) is 5.58. The summed E-state index contributed by atoms with van der Waals surface area (Å²) in [6, 6.07) is 0. The molecular weight excluding hydrogens is 268 g/mol. The number of methoxy groups -OCH3 is 1. The fourth-order valence-electron chi connectivity index (χ4n) is 2.83. The summed E-state index contributed by atoms with van der Waals surface area (Å²) in [6.07, 6.45) is 4.95. The molecule has 1 atom stereocenters. The Labute approximate surface area is 127 Å². The lowest BCUT2D eigenvalue weighted by atomic mass is 9.70. The lowest BCUT2D eigenvalue weighted by Gasteiger charge is -2.35. The van der Waals surface area contributed by atoms with Crippen molar-refractivity contribution < 1.29 is 4.74 Å². The van der Waals surface area contributed by atoms with Gasteiger partial charge in [0.1, 0.15) is 5.01 Å². The molecule has 114 valence electrons. The average Bonchev–Trinajstić information content (AvgIpc) is 2.85. The van der Waals surface area contributed by atoms with E-state index in [1.165, 1.54) is 34.8 Å². The molecule has 1 aromatic heterocycles. The third-order valence-electron chi connectivity index (χ3n) is 4.76. The molecule has 0 bridgehead atoms. The zero-order valence-electron chi connectivity index (χ0n) is 13.3. The van der Waals surface area contributed by atoms with Crippen LogP contribution in [0.3, 0.4) is 0 Å². The van der Waals surface area contributed by atoms with E-state index in [4.69, 9.17) is 9.72 Å². The van der Waals surface area contributed by atoms with Crippen LogP contribution in [0, 0.1) is 11.3 Å². The molecule has 1 unspecified atom stereocenters. The van der Waals surface area contributed by atoms with Crippen molar-refractivity contribution in [2.24, 2.45) is 11.3 Å². The van der Waals surface area contributed by atoms with E-state index in [-0.39, 0.29) is 0 Å². The first kappa shape index (κ1) is 15.9. The number of nitrogens with zero attached hydrogens (tertiary/aromatic N) is 1. The van der Waals surface area contributed by atoms with Gasteiger partial charge in [-0.3, -0.25) is 0 Å². The maximum atomic E-state index is 5.05. The largest absolute Gasteiger partial charge is 0.383 e.